The Labute approximate surface area is 200 Å². The van der Waals surface area contributed by atoms with E-state index in [0.29, 0.717) is 22.6 Å². The lowest BCUT2D eigenvalue weighted by Crippen LogP contribution is -2.43. The van der Waals surface area contributed by atoms with Crippen molar-refractivity contribution in [2.24, 2.45) is 5.92 Å². The number of carbonyl (C=O) groups excluding carboxylic acids is 2. The zero-order chi connectivity index (χ0) is 24.8. The molecule has 1 N–H and O–H groups in total. The van der Waals surface area contributed by atoms with Crippen molar-refractivity contribution in [1.29, 1.82) is 0 Å². The van der Waals surface area contributed by atoms with Gasteiger partial charge in [-0.05, 0) is 55.7 Å². The number of nitrogens with one attached hydrogen (secondary N) is 1. The molecule has 3 rings (SSSR count). The van der Waals surface area contributed by atoms with Crippen molar-refractivity contribution < 1.29 is 23.7 Å². The van der Waals surface area contributed by atoms with E-state index in [1.165, 1.54) is 24.3 Å². The summed E-state index contributed by atoms with van der Waals surface area (Å²) in [4.78, 5) is 35.7. The van der Waals surface area contributed by atoms with Gasteiger partial charge in [0.25, 0.3) is 17.5 Å². The van der Waals surface area contributed by atoms with Crippen LogP contribution in [0.4, 0.5) is 5.69 Å². The number of benzene rings is 2. The fourth-order valence-corrected chi connectivity index (χ4v) is 3.20. The van der Waals surface area contributed by atoms with Gasteiger partial charge in [-0.15, -0.1) is 10.2 Å². The second kappa shape index (κ2) is 10.9. The summed E-state index contributed by atoms with van der Waals surface area (Å²) < 4.78 is 11.1. The van der Waals surface area contributed by atoms with Gasteiger partial charge in [0, 0.05) is 28.3 Å². The average Bonchev–Trinajstić information content (AvgIpc) is 3.29. The molecule has 0 fully saturated rings. The minimum absolute atomic E-state index is 0.0500. The number of aromatic nitrogens is 2. The maximum Gasteiger partial charge on any atom is 0.329 e. The van der Waals surface area contributed by atoms with E-state index in [-0.39, 0.29) is 23.4 Å². The first-order valence-electron chi connectivity index (χ1n) is 10.5. The number of ether oxygens (including phenoxy) is 1. The molecule has 34 heavy (non-hydrogen) atoms. The van der Waals surface area contributed by atoms with Gasteiger partial charge >= 0.3 is 5.97 Å². The van der Waals surface area contributed by atoms with Gasteiger partial charge in [-0.25, -0.2) is 4.79 Å². The van der Waals surface area contributed by atoms with Gasteiger partial charge in [-0.2, -0.15) is 0 Å². The molecule has 1 amide bonds. The number of nitrogens with zero attached hydrogens (tertiary/aromatic N) is 3. The zero-order valence-electron chi connectivity index (χ0n) is 18.7. The Bertz CT molecular complexity index is 1160. The highest BCUT2D eigenvalue weighted by molar-refractivity contribution is 6.30. The molecule has 0 aliphatic carbocycles. The Kier molecular flexibility index (Phi) is 7.95. The maximum absolute atomic E-state index is 12.8. The van der Waals surface area contributed by atoms with Crippen LogP contribution in [-0.4, -0.2) is 33.0 Å². The van der Waals surface area contributed by atoms with E-state index in [4.69, 9.17) is 20.8 Å². The number of non-ortho nitro benzene ring substituents is 1. The lowest BCUT2D eigenvalue weighted by atomic mass is 10.0. The monoisotopic (exact) mass is 486 g/mol. The minimum atomic E-state index is -0.886. The number of nitro benzene ring substituents is 1. The molecule has 1 aromatic heterocycles. The first-order valence-corrected chi connectivity index (χ1v) is 10.9. The van der Waals surface area contributed by atoms with Gasteiger partial charge in [-0.3, -0.25) is 14.9 Å². The molecule has 0 bridgehead atoms. The van der Waals surface area contributed by atoms with Crippen molar-refractivity contribution in [2.45, 2.75) is 39.3 Å². The molecule has 11 heteroatoms. The molecule has 10 nitrogen and oxygen atoms in total. The predicted octanol–water partition coefficient (Wildman–Crippen LogP) is 4.75. The maximum atomic E-state index is 12.8. The molecule has 0 spiro atoms. The lowest BCUT2D eigenvalue weighted by Gasteiger charge is -2.21. The summed E-state index contributed by atoms with van der Waals surface area (Å²) in [5.41, 5.74) is 0.780. The van der Waals surface area contributed by atoms with Crippen LogP contribution < -0.4 is 5.32 Å². The van der Waals surface area contributed by atoms with Crippen LogP contribution in [0.25, 0.3) is 11.5 Å². The molecule has 0 saturated heterocycles. The summed E-state index contributed by atoms with van der Waals surface area (Å²) in [5, 5.41) is 21.8. The van der Waals surface area contributed by atoms with Crippen molar-refractivity contribution in [1.82, 2.24) is 15.5 Å². The van der Waals surface area contributed by atoms with Crippen LogP contribution in [0.1, 0.15) is 49.5 Å². The Hall–Kier alpha value is -3.79. The van der Waals surface area contributed by atoms with E-state index in [9.17, 15) is 19.7 Å². The normalized spacial score (nSPS) is 12.7. The zero-order valence-corrected chi connectivity index (χ0v) is 19.5. The van der Waals surface area contributed by atoms with Crippen LogP contribution in [0.5, 0.6) is 0 Å². The first kappa shape index (κ1) is 24.8. The van der Waals surface area contributed by atoms with E-state index in [1.54, 1.807) is 31.2 Å². The summed E-state index contributed by atoms with van der Waals surface area (Å²) in [6, 6.07) is 11.0. The summed E-state index contributed by atoms with van der Waals surface area (Å²) in [7, 11) is 0. The van der Waals surface area contributed by atoms with Gasteiger partial charge < -0.3 is 14.5 Å². The number of amides is 1. The second-order valence-corrected chi connectivity index (χ2v) is 8.43. The smallest absolute Gasteiger partial charge is 0.329 e. The van der Waals surface area contributed by atoms with Gasteiger partial charge in [0.2, 0.25) is 5.89 Å². The summed E-state index contributed by atoms with van der Waals surface area (Å²) in [6.45, 7) is 5.41. The van der Waals surface area contributed by atoms with Crippen LogP contribution in [0, 0.1) is 16.0 Å². The number of hydrogen-bond donors (Lipinski definition) is 1. The van der Waals surface area contributed by atoms with Crippen molar-refractivity contribution in [3.63, 3.8) is 0 Å². The van der Waals surface area contributed by atoms with Gasteiger partial charge in [0.1, 0.15) is 6.04 Å². The predicted molar refractivity (Wildman–Crippen MR) is 123 cm³/mol. The lowest BCUT2D eigenvalue weighted by molar-refractivity contribution is -0.384. The standard InChI is InChI=1S/C23H23ClN4O6/c1-13(2)12-19(25-20(29)15-4-8-17(24)9-5-15)23(30)33-14(3)21-26-27-22(34-21)16-6-10-18(11-7-16)28(31)32/h4-11,13-14,19H,12H2,1-3H3,(H,25,29)/t14-,19+/m1/s1. The van der Waals surface area contributed by atoms with E-state index in [2.05, 4.69) is 15.5 Å². The van der Waals surface area contributed by atoms with E-state index in [1.807, 2.05) is 13.8 Å². The van der Waals surface area contributed by atoms with Crippen molar-refractivity contribution in [3.8, 4) is 11.5 Å². The Morgan fingerprint density at radius 3 is 2.32 bits per heavy atom. The molecule has 1 heterocycles. The SMILES string of the molecule is CC(C)C[C@H](NC(=O)c1ccc(Cl)cc1)C(=O)O[C@H](C)c1nnc(-c2ccc([N+](=O)[O-])cc2)o1. The summed E-state index contributed by atoms with van der Waals surface area (Å²) >= 11 is 5.86. The minimum Gasteiger partial charge on any atom is -0.451 e. The molecule has 2 atom stereocenters. The molecule has 0 aliphatic heterocycles. The Morgan fingerprint density at radius 1 is 1.09 bits per heavy atom. The molecule has 0 unspecified atom stereocenters. The Balaban J connectivity index is 1.68. The highest BCUT2D eigenvalue weighted by Gasteiger charge is 2.28. The van der Waals surface area contributed by atoms with Crippen molar-refractivity contribution in [3.05, 3.63) is 75.1 Å². The highest BCUT2D eigenvalue weighted by Crippen LogP contribution is 2.25. The molecule has 0 saturated carbocycles. The average molecular weight is 487 g/mol. The van der Waals surface area contributed by atoms with Gasteiger partial charge in [-0.1, -0.05) is 25.4 Å². The van der Waals surface area contributed by atoms with E-state index in [0.717, 1.165) is 0 Å². The van der Waals surface area contributed by atoms with Crippen LogP contribution in [0.3, 0.4) is 0 Å². The summed E-state index contributed by atoms with van der Waals surface area (Å²) in [5.74, 6) is -0.782. The van der Waals surface area contributed by atoms with Crippen LogP contribution in [-0.2, 0) is 9.53 Å². The number of esters is 1. The third kappa shape index (κ3) is 6.38. The van der Waals surface area contributed by atoms with E-state index >= 15 is 0 Å². The number of nitro groups is 1. The number of hydrogen-bond acceptors (Lipinski definition) is 8. The first-order chi connectivity index (χ1) is 16.1. The van der Waals surface area contributed by atoms with Crippen LogP contribution in [0.2, 0.25) is 5.02 Å². The topological polar surface area (TPSA) is 137 Å². The highest BCUT2D eigenvalue weighted by atomic mass is 35.5. The molecule has 2 aromatic carbocycles. The molecule has 0 aliphatic rings. The van der Waals surface area contributed by atoms with Crippen molar-refractivity contribution in [2.75, 3.05) is 0 Å². The summed E-state index contributed by atoms with van der Waals surface area (Å²) in [6.07, 6.45) is -0.517. The van der Waals surface area contributed by atoms with Crippen LogP contribution >= 0.6 is 11.6 Å². The van der Waals surface area contributed by atoms with Crippen LogP contribution in [0.15, 0.2) is 52.9 Å². The molecular formula is C23H23ClN4O6. The molecule has 3 aromatic rings. The van der Waals surface area contributed by atoms with Gasteiger partial charge in [0.05, 0.1) is 4.92 Å². The van der Waals surface area contributed by atoms with E-state index < -0.39 is 28.9 Å². The fraction of sp³-hybridized carbons (Fsp3) is 0.304. The Morgan fingerprint density at radius 2 is 1.74 bits per heavy atom. The number of carbonyl (C=O) groups is 2. The fourth-order valence-electron chi connectivity index (χ4n) is 3.08. The third-order valence-electron chi connectivity index (χ3n) is 4.81. The van der Waals surface area contributed by atoms with Crippen molar-refractivity contribution >= 4 is 29.2 Å². The third-order valence-corrected chi connectivity index (χ3v) is 5.06. The van der Waals surface area contributed by atoms with Gasteiger partial charge in [0.15, 0.2) is 6.10 Å². The molecule has 0 radical (unpaired) electrons. The second-order valence-electron chi connectivity index (χ2n) is 7.99. The molecule has 178 valence electrons. The quantitative estimate of drug-likeness (QED) is 0.260. The number of halogens is 1. The number of rotatable bonds is 9. The largest absolute Gasteiger partial charge is 0.451 e. The molecular weight excluding hydrogens is 464 g/mol.